The topological polar surface area (TPSA) is 113 Å². The van der Waals surface area contributed by atoms with Crippen LogP contribution in [0, 0.1) is 10.1 Å². The molecule has 0 aliphatic heterocycles. The lowest BCUT2D eigenvalue weighted by Crippen LogP contribution is -2.23. The molecule has 3 aromatic rings. The molecule has 128 valence electrons. The van der Waals surface area contributed by atoms with Crippen molar-refractivity contribution in [1.29, 1.82) is 0 Å². The summed E-state index contributed by atoms with van der Waals surface area (Å²) in [6.45, 7) is 0. The highest BCUT2D eigenvalue weighted by Gasteiger charge is 2.35. The maximum atomic E-state index is 13.3. The zero-order valence-corrected chi connectivity index (χ0v) is 12.0. The Labute approximate surface area is 136 Å². The molecular formula is C14H6F3N4O4-. The SMILES string of the molecule is O=C([O-])c1cc2nc(-c3ccc([N+](=O)[O-])cc3)cc(C(F)(F)F)n2n1. The van der Waals surface area contributed by atoms with E-state index in [0.29, 0.717) is 10.6 Å². The van der Waals surface area contributed by atoms with Gasteiger partial charge in [0.1, 0.15) is 5.69 Å². The molecule has 2 heterocycles. The average Bonchev–Trinajstić information content (AvgIpc) is 2.97. The molecule has 8 nitrogen and oxygen atoms in total. The number of aromatic nitrogens is 3. The minimum atomic E-state index is -4.83. The number of carbonyl (C=O) groups is 1. The predicted molar refractivity (Wildman–Crippen MR) is 74.4 cm³/mol. The van der Waals surface area contributed by atoms with Gasteiger partial charge in [-0.1, -0.05) is 0 Å². The Morgan fingerprint density at radius 3 is 2.32 bits per heavy atom. The van der Waals surface area contributed by atoms with Crippen LogP contribution in [0.25, 0.3) is 16.9 Å². The number of carboxylic acids is 1. The van der Waals surface area contributed by atoms with Crippen molar-refractivity contribution in [3.8, 4) is 11.3 Å². The second-order valence-corrected chi connectivity index (χ2v) is 4.92. The van der Waals surface area contributed by atoms with E-state index in [9.17, 15) is 33.2 Å². The van der Waals surface area contributed by atoms with Crippen LogP contribution in [0.1, 0.15) is 16.2 Å². The van der Waals surface area contributed by atoms with Crippen molar-refractivity contribution in [2.75, 3.05) is 0 Å². The van der Waals surface area contributed by atoms with Gasteiger partial charge in [0, 0.05) is 23.8 Å². The van der Waals surface area contributed by atoms with Gasteiger partial charge in [-0.2, -0.15) is 18.3 Å². The second kappa shape index (κ2) is 5.54. The molecule has 25 heavy (non-hydrogen) atoms. The lowest BCUT2D eigenvalue weighted by atomic mass is 10.1. The Hall–Kier alpha value is -3.50. The molecule has 11 heteroatoms. The number of rotatable bonds is 3. The van der Waals surface area contributed by atoms with E-state index in [1.165, 1.54) is 12.1 Å². The fourth-order valence-corrected chi connectivity index (χ4v) is 2.18. The summed E-state index contributed by atoms with van der Waals surface area (Å²) in [6.07, 6.45) is -4.83. The third kappa shape index (κ3) is 2.98. The summed E-state index contributed by atoms with van der Waals surface area (Å²) < 4.78 is 40.1. The number of benzene rings is 1. The first-order chi connectivity index (χ1) is 11.7. The summed E-state index contributed by atoms with van der Waals surface area (Å²) in [6, 6.07) is 6.26. The molecule has 0 fully saturated rings. The van der Waals surface area contributed by atoms with Gasteiger partial charge in [-0.25, -0.2) is 9.50 Å². The van der Waals surface area contributed by atoms with Crippen molar-refractivity contribution < 1.29 is 28.0 Å². The summed E-state index contributed by atoms with van der Waals surface area (Å²) in [5, 5.41) is 24.8. The number of non-ortho nitro benzene ring substituents is 1. The monoisotopic (exact) mass is 351 g/mol. The fourth-order valence-electron chi connectivity index (χ4n) is 2.18. The summed E-state index contributed by atoms with van der Waals surface area (Å²) in [7, 11) is 0. The van der Waals surface area contributed by atoms with E-state index >= 15 is 0 Å². The predicted octanol–water partition coefficient (Wildman–Crippen LogP) is 1.69. The number of alkyl halides is 3. The van der Waals surface area contributed by atoms with E-state index in [2.05, 4.69) is 10.1 Å². The Balaban J connectivity index is 2.22. The zero-order chi connectivity index (χ0) is 18.4. The molecule has 0 spiro atoms. The number of nitrogens with zero attached hydrogens (tertiary/aromatic N) is 4. The maximum absolute atomic E-state index is 13.3. The van der Waals surface area contributed by atoms with Crippen molar-refractivity contribution in [1.82, 2.24) is 14.6 Å². The van der Waals surface area contributed by atoms with E-state index in [-0.39, 0.29) is 22.6 Å². The Bertz CT molecular complexity index is 996. The minimum absolute atomic E-state index is 0.139. The average molecular weight is 351 g/mol. The number of carbonyl (C=O) groups excluding carboxylic acids is 1. The lowest BCUT2D eigenvalue weighted by molar-refractivity contribution is -0.384. The van der Waals surface area contributed by atoms with Crippen molar-refractivity contribution in [2.45, 2.75) is 6.18 Å². The Morgan fingerprint density at radius 1 is 1.16 bits per heavy atom. The first-order valence-electron chi connectivity index (χ1n) is 6.61. The Morgan fingerprint density at radius 2 is 1.80 bits per heavy atom. The molecule has 0 aliphatic rings. The maximum Gasteiger partial charge on any atom is 0.433 e. The summed E-state index contributed by atoms with van der Waals surface area (Å²) in [5.41, 5.74) is -2.46. The van der Waals surface area contributed by atoms with Crippen LogP contribution < -0.4 is 5.11 Å². The van der Waals surface area contributed by atoms with Gasteiger partial charge in [0.25, 0.3) is 5.69 Å². The quantitative estimate of drug-likeness (QED) is 0.524. The van der Waals surface area contributed by atoms with E-state index < -0.39 is 28.5 Å². The number of hydrogen-bond donors (Lipinski definition) is 0. The van der Waals surface area contributed by atoms with Crippen LogP contribution in [0.2, 0.25) is 0 Å². The number of aromatic carboxylic acids is 1. The van der Waals surface area contributed by atoms with Gasteiger partial charge < -0.3 is 9.90 Å². The van der Waals surface area contributed by atoms with Crippen LogP contribution in [-0.2, 0) is 6.18 Å². The van der Waals surface area contributed by atoms with Crippen molar-refractivity contribution >= 4 is 17.3 Å². The van der Waals surface area contributed by atoms with Crippen LogP contribution in [-0.4, -0.2) is 25.5 Å². The molecule has 0 unspecified atom stereocenters. The van der Waals surface area contributed by atoms with Gasteiger partial charge in [0.15, 0.2) is 11.3 Å². The van der Waals surface area contributed by atoms with Crippen LogP contribution in [0.3, 0.4) is 0 Å². The molecule has 0 saturated carbocycles. The minimum Gasteiger partial charge on any atom is -0.543 e. The number of halogens is 3. The van der Waals surface area contributed by atoms with E-state index in [0.717, 1.165) is 18.2 Å². The van der Waals surface area contributed by atoms with E-state index in [1.807, 2.05) is 0 Å². The number of nitro groups is 1. The van der Waals surface area contributed by atoms with Crippen LogP contribution >= 0.6 is 0 Å². The second-order valence-electron chi connectivity index (χ2n) is 4.92. The van der Waals surface area contributed by atoms with E-state index in [1.54, 1.807) is 0 Å². The summed E-state index contributed by atoms with van der Waals surface area (Å²) in [4.78, 5) is 24.8. The Kier molecular flexibility index (Phi) is 3.63. The van der Waals surface area contributed by atoms with E-state index in [4.69, 9.17) is 0 Å². The molecule has 3 rings (SSSR count). The highest BCUT2D eigenvalue weighted by atomic mass is 19.4. The fraction of sp³-hybridized carbons (Fsp3) is 0.0714. The first-order valence-corrected chi connectivity index (χ1v) is 6.61. The summed E-state index contributed by atoms with van der Waals surface area (Å²) in [5.74, 6) is -1.74. The third-order valence-electron chi connectivity index (χ3n) is 3.30. The lowest BCUT2D eigenvalue weighted by Gasteiger charge is -2.11. The highest BCUT2D eigenvalue weighted by Crippen LogP contribution is 2.32. The molecule has 0 N–H and O–H groups in total. The van der Waals surface area contributed by atoms with Crippen LogP contribution in [0.5, 0.6) is 0 Å². The normalized spacial score (nSPS) is 11.6. The van der Waals surface area contributed by atoms with Gasteiger partial charge in [0.05, 0.1) is 16.6 Å². The molecular weight excluding hydrogens is 345 g/mol. The van der Waals surface area contributed by atoms with Crippen molar-refractivity contribution in [3.05, 3.63) is 57.9 Å². The van der Waals surface area contributed by atoms with Crippen molar-refractivity contribution in [2.24, 2.45) is 0 Å². The molecule has 1 aromatic carbocycles. The summed E-state index contributed by atoms with van der Waals surface area (Å²) >= 11 is 0. The van der Waals surface area contributed by atoms with Gasteiger partial charge >= 0.3 is 6.18 Å². The third-order valence-corrected chi connectivity index (χ3v) is 3.30. The van der Waals surface area contributed by atoms with Gasteiger partial charge in [0.2, 0.25) is 0 Å². The molecule has 0 saturated heterocycles. The number of fused-ring (bicyclic) bond motifs is 1. The van der Waals surface area contributed by atoms with Gasteiger partial charge in [-0.3, -0.25) is 10.1 Å². The number of carboxylic acid groups (broad SMARTS) is 1. The standard InChI is InChI=1S/C14H7F3N4O4/c15-14(16,17)11-5-9(7-1-3-8(4-2-7)21(24)25)18-12-6-10(13(22)23)19-20(11)12/h1-6H,(H,22,23)/p-1. The van der Waals surface area contributed by atoms with Gasteiger partial charge in [-0.05, 0) is 18.2 Å². The number of nitro benzene ring substituents is 1. The van der Waals surface area contributed by atoms with Crippen LogP contribution in [0.4, 0.5) is 18.9 Å². The largest absolute Gasteiger partial charge is 0.543 e. The first kappa shape index (κ1) is 16.4. The zero-order valence-electron chi connectivity index (χ0n) is 12.0. The molecule has 0 bridgehead atoms. The molecule has 2 aromatic heterocycles. The smallest absolute Gasteiger partial charge is 0.433 e. The number of hydrogen-bond acceptors (Lipinski definition) is 6. The molecule has 0 aliphatic carbocycles. The van der Waals surface area contributed by atoms with Crippen molar-refractivity contribution in [3.63, 3.8) is 0 Å². The van der Waals surface area contributed by atoms with Gasteiger partial charge in [-0.15, -0.1) is 0 Å². The molecule has 0 radical (unpaired) electrons. The van der Waals surface area contributed by atoms with Crippen LogP contribution in [0.15, 0.2) is 36.4 Å². The molecule has 0 atom stereocenters. The highest BCUT2D eigenvalue weighted by molar-refractivity contribution is 5.85. The molecule has 0 amide bonds.